The Hall–Kier alpha value is -3.12. The zero-order valence-corrected chi connectivity index (χ0v) is 19.2. The van der Waals surface area contributed by atoms with E-state index in [1.54, 1.807) is 4.90 Å². The van der Waals surface area contributed by atoms with Crippen LogP contribution in [-0.4, -0.2) is 57.8 Å². The van der Waals surface area contributed by atoms with E-state index in [1.807, 2.05) is 51.0 Å². The zero-order chi connectivity index (χ0) is 22.6. The van der Waals surface area contributed by atoms with Crippen LogP contribution in [0.3, 0.4) is 0 Å². The maximum atomic E-state index is 13.3. The molecule has 2 aromatic heterocycles. The van der Waals surface area contributed by atoms with E-state index in [1.165, 1.54) is 5.56 Å². The van der Waals surface area contributed by atoms with E-state index in [0.29, 0.717) is 0 Å². The van der Waals surface area contributed by atoms with Crippen molar-refractivity contribution in [2.24, 2.45) is 5.41 Å². The lowest BCUT2D eigenvalue weighted by atomic mass is 9.79. The highest BCUT2D eigenvalue weighted by Gasteiger charge is 2.45. The van der Waals surface area contributed by atoms with Crippen LogP contribution in [0.4, 0.5) is 0 Å². The Morgan fingerprint density at radius 1 is 1.00 bits per heavy atom. The summed E-state index contributed by atoms with van der Waals surface area (Å²) in [6, 6.07) is 12.6. The van der Waals surface area contributed by atoms with Crippen molar-refractivity contribution in [3.05, 3.63) is 78.1 Å². The molecule has 0 saturated carbocycles. The fourth-order valence-corrected chi connectivity index (χ4v) is 4.62. The first-order chi connectivity index (χ1) is 15.5. The van der Waals surface area contributed by atoms with Crippen LogP contribution in [0.5, 0.6) is 0 Å². The quantitative estimate of drug-likeness (QED) is 0.574. The summed E-state index contributed by atoms with van der Waals surface area (Å²) in [5.41, 5.74) is 4.18. The smallest absolute Gasteiger partial charge is 0.229 e. The number of aryl methyl sites for hydroxylation is 1. The van der Waals surface area contributed by atoms with Gasteiger partial charge >= 0.3 is 0 Å². The van der Waals surface area contributed by atoms with Crippen molar-refractivity contribution in [3.63, 3.8) is 0 Å². The molecule has 1 aromatic carbocycles. The maximum absolute atomic E-state index is 13.3. The van der Waals surface area contributed by atoms with Gasteiger partial charge in [-0.15, -0.1) is 0 Å². The molecule has 0 N–H and O–H groups in total. The molecule has 166 valence electrons. The van der Waals surface area contributed by atoms with E-state index in [4.69, 9.17) is 0 Å². The fourth-order valence-electron chi connectivity index (χ4n) is 4.62. The Morgan fingerprint density at radius 3 is 2.28 bits per heavy atom. The molecule has 3 aromatic rings. The van der Waals surface area contributed by atoms with Gasteiger partial charge in [-0.3, -0.25) is 14.7 Å². The number of hydrogen-bond acceptors (Lipinski definition) is 5. The number of hydrogen-bond donors (Lipinski definition) is 0. The standard InChI is InChI=1S/C26H31N5O/c1-4-24-28-16-21(17-29-24)18-31-14-11-26(19-31,25(32)30(2)3)15-20-5-7-22(8-6-20)23-9-12-27-13-10-23/h5-10,12-13,16-17H,4,11,14-15,18-19H2,1-3H3/t26-/m1/s1. The molecule has 0 unspecified atom stereocenters. The molecule has 0 spiro atoms. The first-order valence-electron chi connectivity index (χ1n) is 11.2. The second-order valence-corrected chi connectivity index (χ2v) is 8.91. The second-order valence-electron chi connectivity index (χ2n) is 8.91. The van der Waals surface area contributed by atoms with E-state index < -0.39 is 5.41 Å². The van der Waals surface area contributed by atoms with Crippen molar-refractivity contribution in [1.29, 1.82) is 0 Å². The number of rotatable bonds is 7. The monoisotopic (exact) mass is 429 g/mol. The number of benzene rings is 1. The molecule has 3 heterocycles. The highest BCUT2D eigenvalue weighted by Crippen LogP contribution is 2.37. The summed E-state index contributed by atoms with van der Waals surface area (Å²) in [6.45, 7) is 4.46. The van der Waals surface area contributed by atoms with Crippen molar-refractivity contribution < 1.29 is 4.79 Å². The molecule has 1 atom stereocenters. The van der Waals surface area contributed by atoms with Crippen LogP contribution in [-0.2, 0) is 24.2 Å². The van der Waals surface area contributed by atoms with Gasteiger partial charge in [0.05, 0.1) is 5.41 Å². The molecule has 0 aliphatic carbocycles. The first-order valence-corrected chi connectivity index (χ1v) is 11.2. The predicted molar refractivity (Wildman–Crippen MR) is 126 cm³/mol. The molecule has 0 radical (unpaired) electrons. The zero-order valence-electron chi connectivity index (χ0n) is 19.2. The molecular weight excluding hydrogens is 398 g/mol. The predicted octanol–water partition coefficient (Wildman–Crippen LogP) is 3.62. The number of pyridine rings is 1. The minimum absolute atomic E-state index is 0.204. The average molecular weight is 430 g/mol. The number of nitrogens with zero attached hydrogens (tertiary/aromatic N) is 5. The van der Waals surface area contributed by atoms with E-state index >= 15 is 0 Å². The number of likely N-dealkylation sites (tertiary alicyclic amines) is 1. The van der Waals surface area contributed by atoms with Gasteiger partial charge in [-0.25, -0.2) is 9.97 Å². The average Bonchev–Trinajstić information content (AvgIpc) is 3.23. The summed E-state index contributed by atoms with van der Waals surface area (Å²) in [5.74, 6) is 1.07. The van der Waals surface area contributed by atoms with Gasteiger partial charge in [0.15, 0.2) is 0 Å². The lowest BCUT2D eigenvalue weighted by Gasteiger charge is -2.31. The van der Waals surface area contributed by atoms with Crippen molar-refractivity contribution >= 4 is 5.91 Å². The van der Waals surface area contributed by atoms with Gasteiger partial charge in [-0.2, -0.15) is 0 Å². The molecule has 6 nitrogen and oxygen atoms in total. The van der Waals surface area contributed by atoms with E-state index in [9.17, 15) is 4.79 Å². The minimum atomic E-state index is -0.411. The fraction of sp³-hybridized carbons (Fsp3) is 0.385. The van der Waals surface area contributed by atoms with E-state index in [0.717, 1.165) is 61.4 Å². The van der Waals surface area contributed by atoms with Crippen molar-refractivity contribution in [1.82, 2.24) is 24.8 Å². The Kier molecular flexibility index (Phi) is 6.61. The lowest BCUT2D eigenvalue weighted by Crippen LogP contribution is -2.43. The Morgan fingerprint density at radius 2 is 1.66 bits per heavy atom. The molecule has 0 bridgehead atoms. The Balaban J connectivity index is 1.50. The lowest BCUT2D eigenvalue weighted by molar-refractivity contribution is -0.138. The molecule has 32 heavy (non-hydrogen) atoms. The van der Waals surface area contributed by atoms with Gasteiger partial charge in [-0.1, -0.05) is 31.2 Å². The number of carbonyl (C=O) groups is 1. The number of aromatic nitrogens is 3. The van der Waals surface area contributed by atoms with E-state index in [-0.39, 0.29) is 5.91 Å². The first kappa shape index (κ1) is 22.1. The van der Waals surface area contributed by atoms with Gasteiger partial charge in [0, 0.05) is 64.0 Å². The van der Waals surface area contributed by atoms with Crippen molar-refractivity contribution in [2.45, 2.75) is 32.7 Å². The van der Waals surface area contributed by atoms with Gasteiger partial charge < -0.3 is 4.90 Å². The minimum Gasteiger partial charge on any atom is -0.348 e. The maximum Gasteiger partial charge on any atom is 0.229 e. The Labute approximate surface area is 190 Å². The SMILES string of the molecule is CCc1ncc(CN2CC[C@](Cc3ccc(-c4ccncc4)cc3)(C(=O)N(C)C)C2)cn1. The molecular formula is C26H31N5O. The van der Waals surface area contributed by atoms with Crippen LogP contribution in [0.1, 0.15) is 30.3 Å². The van der Waals surface area contributed by atoms with Crippen LogP contribution >= 0.6 is 0 Å². The number of amides is 1. The summed E-state index contributed by atoms with van der Waals surface area (Å²) >= 11 is 0. The summed E-state index contributed by atoms with van der Waals surface area (Å²) in [5, 5.41) is 0. The van der Waals surface area contributed by atoms with Gasteiger partial charge in [0.25, 0.3) is 0 Å². The summed E-state index contributed by atoms with van der Waals surface area (Å²) in [7, 11) is 3.72. The van der Waals surface area contributed by atoms with Crippen molar-refractivity contribution in [2.75, 3.05) is 27.2 Å². The molecule has 6 heteroatoms. The normalized spacial score (nSPS) is 18.6. The molecule has 1 aliphatic heterocycles. The molecule has 1 saturated heterocycles. The molecule has 1 amide bonds. The van der Waals surface area contributed by atoms with Crippen molar-refractivity contribution in [3.8, 4) is 11.1 Å². The van der Waals surface area contributed by atoms with Gasteiger partial charge in [0.1, 0.15) is 5.82 Å². The third-order valence-corrected chi connectivity index (χ3v) is 6.28. The molecule has 4 rings (SSSR count). The van der Waals surface area contributed by atoms with Crippen LogP contribution in [0, 0.1) is 5.41 Å². The van der Waals surface area contributed by atoms with E-state index in [2.05, 4.69) is 51.0 Å². The molecule has 1 aliphatic rings. The topological polar surface area (TPSA) is 62.2 Å². The van der Waals surface area contributed by atoms with Crippen LogP contribution < -0.4 is 0 Å². The van der Waals surface area contributed by atoms with Gasteiger partial charge in [-0.05, 0) is 48.2 Å². The number of carbonyl (C=O) groups excluding carboxylic acids is 1. The highest BCUT2D eigenvalue weighted by molar-refractivity contribution is 5.83. The summed E-state index contributed by atoms with van der Waals surface area (Å²) in [4.78, 5) is 30.4. The second kappa shape index (κ2) is 9.57. The van der Waals surface area contributed by atoms with Crippen LogP contribution in [0.25, 0.3) is 11.1 Å². The van der Waals surface area contributed by atoms with Crippen LogP contribution in [0.15, 0.2) is 61.2 Å². The summed E-state index contributed by atoms with van der Waals surface area (Å²) in [6.07, 6.45) is 9.87. The molecule has 1 fully saturated rings. The van der Waals surface area contributed by atoms with Gasteiger partial charge in [0.2, 0.25) is 5.91 Å². The largest absolute Gasteiger partial charge is 0.348 e. The third kappa shape index (κ3) is 4.86. The van der Waals surface area contributed by atoms with Crippen LogP contribution in [0.2, 0.25) is 0 Å². The Bertz CT molecular complexity index is 1030. The highest BCUT2D eigenvalue weighted by atomic mass is 16.2. The summed E-state index contributed by atoms with van der Waals surface area (Å²) < 4.78 is 0. The third-order valence-electron chi connectivity index (χ3n) is 6.28.